The largest absolute Gasteiger partial charge is 0.481 e. The summed E-state index contributed by atoms with van der Waals surface area (Å²) in [7, 11) is 3.55. The van der Waals surface area contributed by atoms with Gasteiger partial charge in [-0.05, 0) is 17.7 Å². The van der Waals surface area contributed by atoms with Crippen molar-refractivity contribution in [3.05, 3.63) is 60.2 Å². The van der Waals surface area contributed by atoms with E-state index in [4.69, 9.17) is 5.11 Å². The van der Waals surface area contributed by atoms with Crippen LogP contribution in [-0.2, 0) is 11.3 Å². The maximum atomic E-state index is 12.4. The van der Waals surface area contributed by atoms with Crippen LogP contribution in [0.3, 0.4) is 0 Å². The van der Waals surface area contributed by atoms with Crippen molar-refractivity contribution in [2.75, 3.05) is 30.9 Å². The first-order valence-electron chi connectivity index (χ1n) is 8.47. The van der Waals surface area contributed by atoms with Gasteiger partial charge < -0.3 is 20.2 Å². The average molecular weight is 355 g/mol. The molecule has 6 nitrogen and oxygen atoms in total. The molecule has 138 valence electrons. The van der Waals surface area contributed by atoms with Crippen LogP contribution in [0.1, 0.15) is 12.5 Å². The monoisotopic (exact) mass is 355 g/mol. The summed E-state index contributed by atoms with van der Waals surface area (Å²) >= 11 is 0. The highest BCUT2D eigenvalue weighted by atomic mass is 16.4. The van der Waals surface area contributed by atoms with Crippen LogP contribution >= 0.6 is 0 Å². The maximum Gasteiger partial charge on any atom is 0.321 e. The van der Waals surface area contributed by atoms with Crippen LogP contribution < -0.4 is 10.2 Å². The molecule has 0 aromatic heterocycles. The Bertz CT molecular complexity index is 749. The molecular formula is C20H25N3O3. The molecule has 0 fully saturated rings. The number of para-hydroxylation sites is 2. The first kappa shape index (κ1) is 19.3. The number of aliphatic carboxylic acids is 1. The Hall–Kier alpha value is -3.02. The maximum absolute atomic E-state index is 12.4. The molecule has 0 spiro atoms. The number of hydrogen-bond acceptors (Lipinski definition) is 3. The molecule has 2 rings (SSSR count). The summed E-state index contributed by atoms with van der Waals surface area (Å²) in [5.41, 5.74) is 2.75. The number of carboxylic acids is 1. The van der Waals surface area contributed by atoms with Gasteiger partial charge in [-0.1, -0.05) is 49.4 Å². The lowest BCUT2D eigenvalue weighted by molar-refractivity contribution is -0.141. The van der Waals surface area contributed by atoms with E-state index in [0.29, 0.717) is 12.2 Å². The third kappa shape index (κ3) is 5.24. The zero-order valence-corrected chi connectivity index (χ0v) is 15.3. The normalized spacial score (nSPS) is 11.5. The molecular weight excluding hydrogens is 330 g/mol. The van der Waals surface area contributed by atoms with Crippen molar-refractivity contribution in [2.45, 2.75) is 13.5 Å². The Morgan fingerprint density at radius 3 is 2.31 bits per heavy atom. The van der Waals surface area contributed by atoms with Gasteiger partial charge in [0, 0.05) is 27.2 Å². The fourth-order valence-corrected chi connectivity index (χ4v) is 2.64. The molecule has 0 aliphatic carbocycles. The number of nitrogens with zero attached hydrogens (tertiary/aromatic N) is 2. The quantitative estimate of drug-likeness (QED) is 0.797. The SMILES string of the molecule is CC(CN(C)C(=O)Nc1ccccc1N(C)Cc1ccccc1)C(=O)O. The van der Waals surface area contributed by atoms with Crippen LogP contribution in [0, 0.1) is 5.92 Å². The second-order valence-corrected chi connectivity index (χ2v) is 6.41. The second kappa shape index (κ2) is 8.89. The summed E-state index contributed by atoms with van der Waals surface area (Å²) in [6.45, 7) is 2.43. The minimum atomic E-state index is -0.923. The summed E-state index contributed by atoms with van der Waals surface area (Å²) in [5.74, 6) is -1.55. The molecule has 2 aromatic carbocycles. The van der Waals surface area contributed by atoms with Crippen LogP contribution in [0.4, 0.5) is 16.2 Å². The van der Waals surface area contributed by atoms with E-state index >= 15 is 0 Å². The third-order valence-electron chi connectivity index (χ3n) is 4.14. The van der Waals surface area contributed by atoms with Crippen LogP contribution in [0.5, 0.6) is 0 Å². The lowest BCUT2D eigenvalue weighted by Crippen LogP contribution is -2.37. The van der Waals surface area contributed by atoms with Crippen LogP contribution in [0.25, 0.3) is 0 Å². The molecule has 0 bridgehead atoms. The summed E-state index contributed by atoms with van der Waals surface area (Å²) in [5, 5.41) is 11.9. The Balaban J connectivity index is 2.08. The number of anilines is 2. The molecule has 1 atom stereocenters. The van der Waals surface area contributed by atoms with Crippen LogP contribution in [0.2, 0.25) is 0 Å². The molecule has 0 aliphatic heterocycles. The number of carbonyl (C=O) groups is 2. The van der Waals surface area contributed by atoms with E-state index in [1.54, 1.807) is 14.0 Å². The molecule has 2 amide bonds. The average Bonchev–Trinajstić information content (AvgIpc) is 2.62. The Kier molecular flexibility index (Phi) is 6.60. The fraction of sp³-hybridized carbons (Fsp3) is 0.300. The molecule has 1 unspecified atom stereocenters. The van der Waals surface area contributed by atoms with Gasteiger partial charge in [0.2, 0.25) is 0 Å². The van der Waals surface area contributed by atoms with E-state index in [-0.39, 0.29) is 12.6 Å². The zero-order valence-electron chi connectivity index (χ0n) is 15.3. The van der Waals surface area contributed by atoms with Crippen molar-refractivity contribution in [3.8, 4) is 0 Å². The van der Waals surface area contributed by atoms with E-state index in [1.165, 1.54) is 10.5 Å². The predicted molar refractivity (Wildman–Crippen MR) is 103 cm³/mol. The van der Waals surface area contributed by atoms with Crippen LogP contribution in [0.15, 0.2) is 54.6 Å². The van der Waals surface area contributed by atoms with Crippen molar-refractivity contribution < 1.29 is 14.7 Å². The number of carbonyl (C=O) groups excluding carboxylic acids is 1. The van der Waals surface area contributed by atoms with Gasteiger partial charge in [0.05, 0.1) is 17.3 Å². The van der Waals surface area contributed by atoms with Gasteiger partial charge in [0.1, 0.15) is 0 Å². The van der Waals surface area contributed by atoms with Gasteiger partial charge >= 0.3 is 12.0 Å². The van der Waals surface area contributed by atoms with E-state index in [0.717, 1.165) is 5.69 Å². The molecule has 0 saturated heterocycles. The van der Waals surface area contributed by atoms with E-state index < -0.39 is 11.9 Å². The van der Waals surface area contributed by atoms with Crippen molar-refractivity contribution in [3.63, 3.8) is 0 Å². The molecule has 0 heterocycles. The predicted octanol–water partition coefficient (Wildman–Crippen LogP) is 3.51. The summed E-state index contributed by atoms with van der Waals surface area (Å²) < 4.78 is 0. The van der Waals surface area contributed by atoms with E-state index in [1.807, 2.05) is 49.5 Å². The van der Waals surface area contributed by atoms with Gasteiger partial charge in [-0.25, -0.2) is 4.79 Å². The molecule has 26 heavy (non-hydrogen) atoms. The summed E-state index contributed by atoms with van der Waals surface area (Å²) in [6.07, 6.45) is 0. The Morgan fingerprint density at radius 1 is 1.04 bits per heavy atom. The zero-order chi connectivity index (χ0) is 19.1. The molecule has 6 heteroatoms. The lowest BCUT2D eigenvalue weighted by Gasteiger charge is -2.25. The fourth-order valence-electron chi connectivity index (χ4n) is 2.64. The summed E-state index contributed by atoms with van der Waals surface area (Å²) in [4.78, 5) is 26.8. The van der Waals surface area contributed by atoms with Crippen molar-refractivity contribution >= 4 is 23.4 Å². The number of amides is 2. The van der Waals surface area contributed by atoms with E-state index in [9.17, 15) is 9.59 Å². The second-order valence-electron chi connectivity index (χ2n) is 6.41. The molecule has 2 N–H and O–H groups in total. The third-order valence-corrected chi connectivity index (χ3v) is 4.14. The van der Waals surface area contributed by atoms with Crippen LogP contribution in [-0.4, -0.2) is 42.6 Å². The smallest absolute Gasteiger partial charge is 0.321 e. The topological polar surface area (TPSA) is 72.9 Å². The Labute approximate surface area is 154 Å². The molecule has 0 saturated carbocycles. The van der Waals surface area contributed by atoms with Gasteiger partial charge in [-0.15, -0.1) is 0 Å². The minimum Gasteiger partial charge on any atom is -0.481 e. The highest BCUT2D eigenvalue weighted by Crippen LogP contribution is 2.26. The first-order chi connectivity index (χ1) is 12.4. The van der Waals surface area contributed by atoms with Crippen molar-refractivity contribution in [1.82, 2.24) is 4.90 Å². The lowest BCUT2D eigenvalue weighted by atomic mass is 10.2. The van der Waals surface area contributed by atoms with Gasteiger partial charge in [0.25, 0.3) is 0 Å². The minimum absolute atomic E-state index is 0.142. The van der Waals surface area contributed by atoms with Crippen molar-refractivity contribution in [2.24, 2.45) is 5.92 Å². The Morgan fingerprint density at radius 2 is 1.65 bits per heavy atom. The molecule has 0 radical (unpaired) electrons. The number of benzene rings is 2. The number of carboxylic acid groups (broad SMARTS) is 1. The van der Waals surface area contributed by atoms with E-state index in [2.05, 4.69) is 22.3 Å². The van der Waals surface area contributed by atoms with Gasteiger partial charge in [0.15, 0.2) is 0 Å². The molecule has 0 aliphatic rings. The van der Waals surface area contributed by atoms with Gasteiger partial charge in [-0.3, -0.25) is 4.79 Å². The molecule has 2 aromatic rings. The summed E-state index contributed by atoms with van der Waals surface area (Å²) in [6, 6.07) is 17.3. The first-order valence-corrected chi connectivity index (χ1v) is 8.47. The number of urea groups is 1. The van der Waals surface area contributed by atoms with Gasteiger partial charge in [-0.2, -0.15) is 0 Å². The number of rotatable bonds is 7. The highest BCUT2D eigenvalue weighted by Gasteiger charge is 2.18. The van der Waals surface area contributed by atoms with Crippen molar-refractivity contribution in [1.29, 1.82) is 0 Å². The standard InChI is InChI=1S/C20H25N3O3/c1-15(19(24)25)13-23(3)20(26)21-17-11-7-8-12-18(17)22(2)14-16-9-5-4-6-10-16/h4-12,15H,13-14H2,1-3H3,(H,21,26)(H,24,25). The number of nitrogens with one attached hydrogen (secondary N) is 1. The number of hydrogen-bond donors (Lipinski definition) is 2. The highest BCUT2D eigenvalue weighted by molar-refractivity contribution is 5.93.